The SMILES string of the molecule is C[C@H](CC(=O)c1cccs1)NC(=O)c1cccc2[nH]ccc12. The van der Waals surface area contributed by atoms with Gasteiger partial charge in [-0.25, -0.2) is 0 Å². The number of rotatable bonds is 5. The van der Waals surface area contributed by atoms with Crippen molar-refractivity contribution < 1.29 is 9.59 Å². The molecule has 22 heavy (non-hydrogen) atoms. The van der Waals surface area contributed by atoms with E-state index in [2.05, 4.69) is 10.3 Å². The molecule has 0 unspecified atom stereocenters. The maximum atomic E-state index is 12.4. The number of carbonyl (C=O) groups is 2. The summed E-state index contributed by atoms with van der Waals surface area (Å²) in [6, 6.07) is 10.9. The Balaban J connectivity index is 1.69. The molecule has 2 aromatic heterocycles. The third-order valence-electron chi connectivity index (χ3n) is 3.50. The smallest absolute Gasteiger partial charge is 0.252 e. The summed E-state index contributed by atoms with van der Waals surface area (Å²) < 4.78 is 0. The lowest BCUT2D eigenvalue weighted by Crippen LogP contribution is -2.34. The second-order valence-electron chi connectivity index (χ2n) is 5.22. The zero-order valence-corrected chi connectivity index (χ0v) is 12.9. The minimum absolute atomic E-state index is 0.0580. The summed E-state index contributed by atoms with van der Waals surface area (Å²) in [6.45, 7) is 1.85. The molecule has 4 nitrogen and oxygen atoms in total. The summed E-state index contributed by atoms with van der Waals surface area (Å²) in [5.41, 5.74) is 1.55. The number of aromatic amines is 1. The van der Waals surface area contributed by atoms with Crippen LogP contribution < -0.4 is 5.32 Å². The Morgan fingerprint density at radius 2 is 2.09 bits per heavy atom. The fourth-order valence-electron chi connectivity index (χ4n) is 2.45. The number of benzene rings is 1. The molecule has 112 valence electrons. The third kappa shape index (κ3) is 2.94. The van der Waals surface area contributed by atoms with Crippen LogP contribution in [0.5, 0.6) is 0 Å². The van der Waals surface area contributed by atoms with Gasteiger partial charge in [-0.05, 0) is 36.6 Å². The van der Waals surface area contributed by atoms with Gasteiger partial charge in [-0.1, -0.05) is 12.1 Å². The number of aromatic nitrogens is 1. The molecule has 3 rings (SSSR count). The van der Waals surface area contributed by atoms with Crippen molar-refractivity contribution in [3.63, 3.8) is 0 Å². The summed E-state index contributed by atoms with van der Waals surface area (Å²) in [7, 11) is 0. The maximum absolute atomic E-state index is 12.4. The normalized spacial score (nSPS) is 12.2. The first kappa shape index (κ1) is 14.5. The van der Waals surface area contributed by atoms with Crippen molar-refractivity contribution in [1.82, 2.24) is 10.3 Å². The number of nitrogens with one attached hydrogen (secondary N) is 2. The van der Waals surface area contributed by atoms with Gasteiger partial charge in [0.1, 0.15) is 0 Å². The van der Waals surface area contributed by atoms with Crippen molar-refractivity contribution in [2.75, 3.05) is 0 Å². The van der Waals surface area contributed by atoms with Crippen LogP contribution in [0.2, 0.25) is 0 Å². The van der Waals surface area contributed by atoms with Gasteiger partial charge in [0.15, 0.2) is 5.78 Å². The van der Waals surface area contributed by atoms with Gasteiger partial charge in [0.25, 0.3) is 5.91 Å². The van der Waals surface area contributed by atoms with Crippen LogP contribution in [0.4, 0.5) is 0 Å². The Morgan fingerprint density at radius 1 is 1.23 bits per heavy atom. The lowest BCUT2D eigenvalue weighted by Gasteiger charge is -2.13. The molecule has 2 heterocycles. The molecule has 0 radical (unpaired) electrons. The highest BCUT2D eigenvalue weighted by Gasteiger charge is 2.16. The predicted octanol–water partition coefficient (Wildman–Crippen LogP) is 3.62. The van der Waals surface area contributed by atoms with Crippen LogP contribution in [0.25, 0.3) is 10.9 Å². The number of hydrogen-bond donors (Lipinski definition) is 2. The van der Waals surface area contributed by atoms with E-state index in [1.165, 1.54) is 11.3 Å². The summed E-state index contributed by atoms with van der Waals surface area (Å²) in [5.74, 6) is -0.0978. The van der Waals surface area contributed by atoms with E-state index in [9.17, 15) is 9.59 Å². The van der Waals surface area contributed by atoms with Crippen LogP contribution in [0, 0.1) is 0 Å². The minimum atomic E-state index is -0.212. The third-order valence-corrected chi connectivity index (χ3v) is 4.42. The summed E-state index contributed by atoms with van der Waals surface area (Å²) in [5, 5.41) is 5.67. The molecule has 0 saturated heterocycles. The number of ketones is 1. The highest BCUT2D eigenvalue weighted by Crippen LogP contribution is 2.18. The van der Waals surface area contributed by atoms with Gasteiger partial charge >= 0.3 is 0 Å². The summed E-state index contributed by atoms with van der Waals surface area (Å²) in [6.07, 6.45) is 2.11. The predicted molar refractivity (Wildman–Crippen MR) is 88.5 cm³/mol. The van der Waals surface area contributed by atoms with Crippen LogP contribution in [-0.4, -0.2) is 22.7 Å². The molecule has 3 aromatic rings. The average molecular weight is 312 g/mol. The Hall–Kier alpha value is -2.40. The van der Waals surface area contributed by atoms with Gasteiger partial charge in [0.05, 0.1) is 4.88 Å². The highest BCUT2D eigenvalue weighted by atomic mass is 32.1. The Kier molecular flexibility index (Phi) is 4.06. The van der Waals surface area contributed by atoms with Gasteiger partial charge in [-0.2, -0.15) is 0 Å². The molecule has 0 spiro atoms. The molecule has 0 aliphatic rings. The summed E-state index contributed by atoms with van der Waals surface area (Å²) in [4.78, 5) is 28.3. The first-order valence-electron chi connectivity index (χ1n) is 7.09. The molecule has 1 amide bonds. The largest absolute Gasteiger partial charge is 0.361 e. The van der Waals surface area contributed by atoms with E-state index in [0.717, 1.165) is 15.8 Å². The first-order chi connectivity index (χ1) is 10.6. The van der Waals surface area contributed by atoms with E-state index in [-0.39, 0.29) is 17.7 Å². The van der Waals surface area contributed by atoms with Gasteiger partial charge in [0.2, 0.25) is 0 Å². The number of carbonyl (C=O) groups excluding carboxylic acids is 2. The molecule has 0 fully saturated rings. The lowest BCUT2D eigenvalue weighted by atomic mass is 10.1. The monoisotopic (exact) mass is 312 g/mol. The molecule has 0 aliphatic carbocycles. The van der Waals surface area contributed by atoms with Crippen molar-refractivity contribution in [3.05, 3.63) is 58.4 Å². The van der Waals surface area contributed by atoms with Crippen LogP contribution in [0.15, 0.2) is 48.0 Å². The van der Waals surface area contributed by atoms with E-state index in [4.69, 9.17) is 0 Å². The standard InChI is InChI=1S/C17H16N2O2S/c1-11(10-15(20)16-6-3-9-22-16)19-17(21)13-4-2-5-14-12(13)7-8-18-14/h2-9,11,18H,10H2,1H3,(H,19,21)/t11-/m1/s1. The van der Waals surface area contributed by atoms with Crippen LogP contribution in [0.1, 0.15) is 33.4 Å². The molecule has 0 aliphatic heterocycles. The van der Waals surface area contributed by atoms with Gasteiger partial charge < -0.3 is 10.3 Å². The maximum Gasteiger partial charge on any atom is 0.252 e. The van der Waals surface area contributed by atoms with Crippen LogP contribution >= 0.6 is 11.3 Å². The molecule has 2 N–H and O–H groups in total. The average Bonchev–Trinajstić information content (AvgIpc) is 3.17. The van der Waals surface area contributed by atoms with Gasteiger partial charge in [0, 0.05) is 35.1 Å². The van der Waals surface area contributed by atoms with Crippen LogP contribution in [-0.2, 0) is 0 Å². The molecular weight excluding hydrogens is 296 g/mol. The number of Topliss-reactive ketones (excluding diaryl/α,β-unsaturated/α-hetero) is 1. The molecule has 1 atom stereocenters. The Morgan fingerprint density at radius 3 is 2.86 bits per heavy atom. The Labute approximate surface area is 132 Å². The zero-order valence-electron chi connectivity index (χ0n) is 12.1. The second-order valence-corrected chi connectivity index (χ2v) is 6.17. The number of fused-ring (bicyclic) bond motifs is 1. The Bertz CT molecular complexity index is 805. The molecule has 5 heteroatoms. The fourth-order valence-corrected chi connectivity index (χ4v) is 3.13. The number of amides is 1. The van der Waals surface area contributed by atoms with Gasteiger partial charge in [-0.15, -0.1) is 11.3 Å². The number of hydrogen-bond acceptors (Lipinski definition) is 3. The van der Waals surface area contributed by atoms with Crippen molar-refractivity contribution in [3.8, 4) is 0 Å². The fraction of sp³-hybridized carbons (Fsp3) is 0.176. The first-order valence-corrected chi connectivity index (χ1v) is 7.97. The quantitative estimate of drug-likeness (QED) is 0.707. The van der Waals surface area contributed by atoms with E-state index >= 15 is 0 Å². The van der Waals surface area contributed by atoms with E-state index in [1.54, 1.807) is 6.07 Å². The highest BCUT2D eigenvalue weighted by molar-refractivity contribution is 7.12. The number of H-pyrrole nitrogens is 1. The zero-order chi connectivity index (χ0) is 15.5. The molecule has 1 aromatic carbocycles. The van der Waals surface area contributed by atoms with Gasteiger partial charge in [-0.3, -0.25) is 9.59 Å². The van der Waals surface area contributed by atoms with E-state index in [1.807, 2.05) is 48.8 Å². The molecular formula is C17H16N2O2S. The van der Waals surface area contributed by atoms with Crippen molar-refractivity contribution in [2.24, 2.45) is 0 Å². The van der Waals surface area contributed by atoms with E-state index in [0.29, 0.717) is 12.0 Å². The number of thiophene rings is 1. The second kappa shape index (κ2) is 6.15. The van der Waals surface area contributed by atoms with Crippen molar-refractivity contribution in [1.29, 1.82) is 0 Å². The lowest BCUT2D eigenvalue weighted by molar-refractivity contribution is 0.0920. The van der Waals surface area contributed by atoms with E-state index < -0.39 is 0 Å². The van der Waals surface area contributed by atoms with Crippen molar-refractivity contribution in [2.45, 2.75) is 19.4 Å². The summed E-state index contributed by atoms with van der Waals surface area (Å²) >= 11 is 1.42. The topological polar surface area (TPSA) is 62.0 Å². The molecule has 0 saturated carbocycles. The van der Waals surface area contributed by atoms with Crippen molar-refractivity contribution >= 4 is 33.9 Å². The van der Waals surface area contributed by atoms with Crippen LogP contribution in [0.3, 0.4) is 0 Å². The minimum Gasteiger partial charge on any atom is -0.361 e. The molecule has 0 bridgehead atoms.